The molecule has 0 bridgehead atoms. The van der Waals surface area contributed by atoms with Gasteiger partial charge in [-0.05, 0) is 79.5 Å². The summed E-state index contributed by atoms with van der Waals surface area (Å²) in [6.45, 7) is 2.43. The van der Waals surface area contributed by atoms with E-state index in [2.05, 4.69) is 33.0 Å². The number of aromatic nitrogens is 2. The summed E-state index contributed by atoms with van der Waals surface area (Å²) in [5.41, 5.74) is 5.68. The van der Waals surface area contributed by atoms with Crippen LogP contribution in [0.2, 0.25) is 0 Å². The molecule has 1 aliphatic heterocycles. The molecule has 1 saturated heterocycles. The van der Waals surface area contributed by atoms with Crippen molar-refractivity contribution in [3.05, 3.63) is 83.8 Å². The predicted molar refractivity (Wildman–Crippen MR) is 163 cm³/mol. The number of hydrogen-bond acceptors (Lipinski definition) is 5. The van der Waals surface area contributed by atoms with Crippen LogP contribution in [0.3, 0.4) is 0 Å². The van der Waals surface area contributed by atoms with Crippen LogP contribution in [0.5, 0.6) is 0 Å². The van der Waals surface area contributed by atoms with Crippen molar-refractivity contribution < 1.29 is 19.1 Å². The van der Waals surface area contributed by atoms with E-state index in [1.165, 1.54) is 24.8 Å². The van der Waals surface area contributed by atoms with Gasteiger partial charge in [-0.15, -0.1) is 0 Å². The maximum Gasteiger partial charge on any atom is 0.328 e. The zero-order valence-corrected chi connectivity index (χ0v) is 23.9. The molecule has 2 aromatic heterocycles. The number of benzene rings is 2. The van der Waals surface area contributed by atoms with Crippen LogP contribution in [-0.2, 0) is 11.2 Å². The lowest BCUT2D eigenvalue weighted by Crippen LogP contribution is -2.42. The van der Waals surface area contributed by atoms with Gasteiger partial charge >= 0.3 is 5.97 Å². The van der Waals surface area contributed by atoms with Gasteiger partial charge in [-0.25, -0.2) is 9.78 Å². The molecule has 6 rings (SSSR count). The van der Waals surface area contributed by atoms with Gasteiger partial charge in [-0.1, -0.05) is 43.5 Å². The monoisotopic (exact) mass is 566 g/mol. The summed E-state index contributed by atoms with van der Waals surface area (Å²) in [4.78, 5) is 31.1. The molecule has 42 heavy (non-hydrogen) atoms. The molecule has 2 fully saturated rings. The van der Waals surface area contributed by atoms with Gasteiger partial charge < -0.3 is 19.4 Å². The van der Waals surface area contributed by atoms with Crippen LogP contribution in [0, 0.1) is 5.92 Å². The van der Waals surface area contributed by atoms with Gasteiger partial charge in [0.1, 0.15) is 12.1 Å². The number of rotatable bonds is 9. The summed E-state index contributed by atoms with van der Waals surface area (Å²) < 4.78 is 7.73. The van der Waals surface area contributed by atoms with E-state index >= 15 is 0 Å². The van der Waals surface area contributed by atoms with Gasteiger partial charge in [0.2, 0.25) is 0 Å². The highest BCUT2D eigenvalue weighted by Crippen LogP contribution is 2.36. The number of nitrogens with one attached hydrogen (secondary N) is 1. The van der Waals surface area contributed by atoms with Gasteiger partial charge in [0, 0.05) is 30.8 Å². The molecule has 8 heteroatoms. The number of piperidine rings is 1. The summed E-state index contributed by atoms with van der Waals surface area (Å²) in [7, 11) is 0. The number of aliphatic carboxylic acids is 1. The fraction of sp³-hybridized carbons (Fsp3) is 0.382. The quantitative estimate of drug-likeness (QED) is 0.223. The Labute approximate surface area is 246 Å². The number of carbonyl (C=O) groups excluding carboxylic acids is 1. The Balaban J connectivity index is 1.04. The highest BCUT2D eigenvalue weighted by molar-refractivity contribution is 5.98. The smallest absolute Gasteiger partial charge is 0.328 e. The van der Waals surface area contributed by atoms with Crippen LogP contribution in [0.1, 0.15) is 72.5 Å². The molecule has 1 amide bonds. The number of likely N-dealkylation sites (tertiary alicyclic amines) is 1. The molecule has 0 unspecified atom stereocenters. The Morgan fingerprint density at radius 2 is 1.79 bits per heavy atom. The van der Waals surface area contributed by atoms with Crippen molar-refractivity contribution in [2.45, 2.75) is 57.4 Å². The first-order valence-electron chi connectivity index (χ1n) is 15.1. The van der Waals surface area contributed by atoms with Crippen molar-refractivity contribution in [1.29, 1.82) is 0 Å². The van der Waals surface area contributed by atoms with Gasteiger partial charge in [0.05, 0.1) is 29.5 Å². The first kappa shape index (κ1) is 28.0. The number of imidazole rings is 1. The largest absolute Gasteiger partial charge is 0.478 e. The minimum absolute atomic E-state index is 0.0758. The Hall–Kier alpha value is -4.17. The van der Waals surface area contributed by atoms with Crippen LogP contribution >= 0.6 is 0 Å². The van der Waals surface area contributed by atoms with Crippen LogP contribution < -0.4 is 5.32 Å². The predicted octanol–water partition coefficient (Wildman–Crippen LogP) is 6.54. The van der Waals surface area contributed by atoms with Crippen LogP contribution in [-0.4, -0.2) is 51.2 Å². The van der Waals surface area contributed by atoms with Crippen LogP contribution in [0.4, 0.5) is 0 Å². The molecular formula is C34H38N4O4. The lowest BCUT2D eigenvalue weighted by molar-refractivity contribution is -0.131. The summed E-state index contributed by atoms with van der Waals surface area (Å²) >= 11 is 0. The summed E-state index contributed by atoms with van der Waals surface area (Å²) in [6, 6.07) is 16.4. The number of nitrogens with zero attached hydrogens (tertiary/aromatic N) is 3. The summed E-state index contributed by atoms with van der Waals surface area (Å²) in [6.07, 6.45) is 15.4. The molecule has 8 nitrogen and oxygen atoms in total. The van der Waals surface area contributed by atoms with E-state index in [4.69, 9.17) is 14.5 Å². The van der Waals surface area contributed by atoms with Crippen LogP contribution in [0.25, 0.3) is 28.5 Å². The van der Waals surface area contributed by atoms with Crippen molar-refractivity contribution in [2.75, 3.05) is 19.8 Å². The van der Waals surface area contributed by atoms with Crippen molar-refractivity contribution in [3.63, 3.8) is 0 Å². The van der Waals surface area contributed by atoms with Gasteiger partial charge in [0.15, 0.2) is 0 Å². The van der Waals surface area contributed by atoms with E-state index < -0.39 is 5.97 Å². The first-order chi connectivity index (χ1) is 20.5. The third-order valence-electron chi connectivity index (χ3n) is 8.76. The van der Waals surface area contributed by atoms with Crippen molar-refractivity contribution in [2.24, 2.45) is 5.92 Å². The Kier molecular flexibility index (Phi) is 8.51. The highest BCUT2D eigenvalue weighted by atomic mass is 16.4. The second-order valence-corrected chi connectivity index (χ2v) is 11.7. The summed E-state index contributed by atoms with van der Waals surface area (Å²) in [5.74, 6) is 0.498. The standard InChI is InChI=1S/C34H38N4O4/c39-32(40)13-10-24-6-8-25(9-7-24)20-26-14-17-37(18-15-26)23-35-34(41)27-11-12-31-30(21-27)36-33(28-16-19-42-22-28)38(31)29-4-2-1-3-5-29/h6-13,16,19,21-22,26,29H,1-5,14-15,17-18,20,23H2,(H,35,41)(H,39,40)/b13-10+. The fourth-order valence-electron chi connectivity index (χ4n) is 6.44. The van der Waals surface area contributed by atoms with Gasteiger partial charge in [-0.3, -0.25) is 9.69 Å². The number of carboxylic acid groups (broad SMARTS) is 1. The normalized spacial score (nSPS) is 17.2. The zero-order valence-electron chi connectivity index (χ0n) is 23.9. The lowest BCUT2D eigenvalue weighted by Gasteiger charge is -2.32. The third kappa shape index (κ3) is 6.49. The Morgan fingerprint density at radius 3 is 2.50 bits per heavy atom. The highest BCUT2D eigenvalue weighted by Gasteiger charge is 2.24. The molecular weight excluding hydrogens is 528 g/mol. The first-order valence-corrected chi connectivity index (χ1v) is 15.1. The second-order valence-electron chi connectivity index (χ2n) is 11.7. The average molecular weight is 567 g/mol. The number of furan rings is 1. The number of fused-ring (bicyclic) bond motifs is 1. The average Bonchev–Trinajstić information content (AvgIpc) is 3.69. The van der Waals surface area contributed by atoms with E-state index in [0.717, 1.165) is 79.3 Å². The Bertz CT molecular complexity index is 1540. The fourth-order valence-corrected chi connectivity index (χ4v) is 6.44. The third-order valence-corrected chi connectivity index (χ3v) is 8.76. The minimum Gasteiger partial charge on any atom is -0.478 e. The van der Waals surface area contributed by atoms with Crippen molar-refractivity contribution in [3.8, 4) is 11.4 Å². The molecule has 2 aromatic carbocycles. The van der Waals surface area contributed by atoms with E-state index in [-0.39, 0.29) is 5.91 Å². The molecule has 1 aliphatic carbocycles. The molecule has 2 N–H and O–H groups in total. The summed E-state index contributed by atoms with van der Waals surface area (Å²) in [5, 5.41) is 11.9. The SMILES string of the molecule is O=C(O)/C=C/c1ccc(CC2CCN(CNC(=O)c3ccc4c(c3)nc(-c3ccoc3)n4C3CCCCC3)CC2)cc1. The van der Waals surface area contributed by atoms with E-state index in [9.17, 15) is 9.59 Å². The number of carboxylic acids is 1. The maximum atomic E-state index is 13.1. The zero-order chi connectivity index (χ0) is 28.9. The number of carbonyl (C=O) groups is 2. The molecule has 218 valence electrons. The molecule has 0 radical (unpaired) electrons. The topological polar surface area (TPSA) is 101 Å². The molecule has 4 aromatic rings. The Morgan fingerprint density at radius 1 is 1.00 bits per heavy atom. The van der Waals surface area contributed by atoms with Crippen molar-refractivity contribution in [1.82, 2.24) is 19.8 Å². The van der Waals surface area contributed by atoms with E-state index in [0.29, 0.717) is 24.2 Å². The second kappa shape index (κ2) is 12.8. The minimum atomic E-state index is -0.940. The van der Waals surface area contributed by atoms with Gasteiger partial charge in [-0.2, -0.15) is 0 Å². The number of amides is 1. The molecule has 0 atom stereocenters. The van der Waals surface area contributed by atoms with Crippen LogP contribution in [0.15, 0.2) is 71.6 Å². The van der Waals surface area contributed by atoms with E-state index in [1.807, 2.05) is 30.3 Å². The van der Waals surface area contributed by atoms with Crippen molar-refractivity contribution >= 4 is 29.0 Å². The maximum absolute atomic E-state index is 13.1. The number of hydrogen-bond donors (Lipinski definition) is 2. The molecule has 3 heterocycles. The molecule has 1 saturated carbocycles. The van der Waals surface area contributed by atoms with Gasteiger partial charge in [0.25, 0.3) is 5.91 Å². The molecule has 0 spiro atoms. The lowest BCUT2D eigenvalue weighted by atomic mass is 9.90. The molecule has 2 aliphatic rings. The van der Waals surface area contributed by atoms with E-state index in [1.54, 1.807) is 18.6 Å².